The molecular formula is C11H16N2. The van der Waals surface area contributed by atoms with Crippen LogP contribution in [0.4, 0.5) is 5.69 Å². The Morgan fingerprint density at radius 3 is 2.62 bits per heavy atom. The number of nitrogens with one attached hydrogen (secondary N) is 1. The Bertz CT molecular complexity index is 252. The lowest BCUT2D eigenvalue weighted by Crippen LogP contribution is -2.50. The van der Waals surface area contributed by atoms with Crippen molar-refractivity contribution in [2.24, 2.45) is 5.92 Å². The van der Waals surface area contributed by atoms with E-state index in [1.165, 1.54) is 18.8 Å². The number of hydrogen-bond donors (Lipinski definition) is 1. The maximum absolute atomic E-state index is 3.21. The van der Waals surface area contributed by atoms with Gasteiger partial charge in [0.05, 0.1) is 0 Å². The lowest BCUT2D eigenvalue weighted by atomic mass is 9.99. The molecule has 0 radical (unpaired) electrons. The third-order valence-electron chi connectivity index (χ3n) is 2.57. The highest BCUT2D eigenvalue weighted by atomic mass is 15.2. The summed E-state index contributed by atoms with van der Waals surface area (Å²) in [4.78, 5) is 2.42. The van der Waals surface area contributed by atoms with E-state index in [4.69, 9.17) is 0 Å². The van der Waals surface area contributed by atoms with Gasteiger partial charge in [0.2, 0.25) is 0 Å². The fourth-order valence-electron chi connectivity index (χ4n) is 1.84. The van der Waals surface area contributed by atoms with Gasteiger partial charge < -0.3 is 10.2 Å². The van der Waals surface area contributed by atoms with Crippen molar-refractivity contribution >= 4 is 5.69 Å². The van der Waals surface area contributed by atoms with Crippen LogP contribution >= 0.6 is 0 Å². The molecule has 0 bridgehead atoms. The Morgan fingerprint density at radius 1 is 1.31 bits per heavy atom. The molecule has 1 aliphatic heterocycles. The quantitative estimate of drug-likeness (QED) is 0.747. The first kappa shape index (κ1) is 8.57. The van der Waals surface area contributed by atoms with Crippen LogP contribution in [0.1, 0.15) is 0 Å². The van der Waals surface area contributed by atoms with Crippen LogP contribution in [0, 0.1) is 5.92 Å². The molecule has 0 unspecified atom stereocenters. The third kappa shape index (κ3) is 1.83. The second-order valence-corrected chi connectivity index (χ2v) is 3.66. The Morgan fingerprint density at radius 2 is 2.00 bits per heavy atom. The summed E-state index contributed by atoms with van der Waals surface area (Å²) in [7, 11) is 2.02. The van der Waals surface area contributed by atoms with E-state index >= 15 is 0 Å². The minimum atomic E-state index is 0.838. The number of nitrogens with zero attached hydrogens (tertiary/aromatic N) is 1. The van der Waals surface area contributed by atoms with Gasteiger partial charge in [-0.3, -0.25) is 0 Å². The molecule has 0 amide bonds. The fraction of sp³-hybridized carbons (Fsp3) is 0.455. The molecular weight excluding hydrogens is 160 g/mol. The monoisotopic (exact) mass is 176 g/mol. The molecule has 1 aromatic carbocycles. The second kappa shape index (κ2) is 3.79. The zero-order chi connectivity index (χ0) is 9.10. The van der Waals surface area contributed by atoms with Gasteiger partial charge in [-0.15, -0.1) is 0 Å². The molecule has 0 saturated carbocycles. The average Bonchev–Trinajstić information content (AvgIpc) is 2.12. The van der Waals surface area contributed by atoms with Crippen molar-refractivity contribution in [3.05, 3.63) is 30.3 Å². The summed E-state index contributed by atoms with van der Waals surface area (Å²) in [5, 5.41) is 3.21. The molecule has 2 heteroatoms. The summed E-state index contributed by atoms with van der Waals surface area (Å²) >= 11 is 0. The highest BCUT2D eigenvalue weighted by Crippen LogP contribution is 2.23. The van der Waals surface area contributed by atoms with E-state index in [9.17, 15) is 0 Å². The van der Waals surface area contributed by atoms with E-state index < -0.39 is 0 Å². The van der Waals surface area contributed by atoms with E-state index in [-0.39, 0.29) is 0 Å². The molecule has 1 fully saturated rings. The number of benzene rings is 1. The van der Waals surface area contributed by atoms with Gasteiger partial charge in [-0.1, -0.05) is 18.2 Å². The molecule has 2 nitrogen and oxygen atoms in total. The molecule has 13 heavy (non-hydrogen) atoms. The second-order valence-electron chi connectivity index (χ2n) is 3.66. The van der Waals surface area contributed by atoms with Crippen LogP contribution in [0.15, 0.2) is 30.3 Å². The molecule has 70 valence electrons. The van der Waals surface area contributed by atoms with Crippen molar-refractivity contribution in [1.29, 1.82) is 0 Å². The topological polar surface area (TPSA) is 15.3 Å². The van der Waals surface area contributed by atoms with Crippen LogP contribution in [-0.4, -0.2) is 26.7 Å². The first-order chi connectivity index (χ1) is 6.40. The normalized spacial score (nSPS) is 17.2. The first-order valence-corrected chi connectivity index (χ1v) is 4.85. The van der Waals surface area contributed by atoms with Gasteiger partial charge in [0, 0.05) is 31.2 Å². The van der Waals surface area contributed by atoms with Crippen LogP contribution in [0.5, 0.6) is 0 Å². The van der Waals surface area contributed by atoms with Gasteiger partial charge in [0.25, 0.3) is 0 Å². The molecule has 0 aliphatic carbocycles. The SMILES string of the molecule is CNCC1CN(c2ccccc2)C1. The Labute approximate surface area is 79.6 Å². The van der Waals surface area contributed by atoms with Gasteiger partial charge in [0.15, 0.2) is 0 Å². The summed E-state index contributed by atoms with van der Waals surface area (Å²) in [5.74, 6) is 0.838. The highest BCUT2D eigenvalue weighted by molar-refractivity contribution is 5.48. The summed E-state index contributed by atoms with van der Waals surface area (Å²) in [5.41, 5.74) is 1.36. The molecule has 1 heterocycles. The molecule has 1 aliphatic rings. The smallest absolute Gasteiger partial charge is 0.0366 e. The van der Waals surface area contributed by atoms with Crippen LogP contribution in [0.25, 0.3) is 0 Å². The van der Waals surface area contributed by atoms with Crippen LogP contribution in [0.3, 0.4) is 0 Å². The summed E-state index contributed by atoms with van der Waals surface area (Å²) in [6.07, 6.45) is 0. The predicted octanol–water partition coefficient (Wildman–Crippen LogP) is 1.34. The zero-order valence-corrected chi connectivity index (χ0v) is 8.03. The summed E-state index contributed by atoms with van der Waals surface area (Å²) < 4.78 is 0. The number of hydrogen-bond acceptors (Lipinski definition) is 2. The molecule has 0 aromatic heterocycles. The van der Waals surface area contributed by atoms with Gasteiger partial charge in [-0.25, -0.2) is 0 Å². The van der Waals surface area contributed by atoms with E-state index in [1.54, 1.807) is 0 Å². The van der Waals surface area contributed by atoms with E-state index in [0.717, 1.165) is 12.5 Å². The molecule has 2 rings (SSSR count). The van der Waals surface area contributed by atoms with Crippen molar-refractivity contribution in [2.45, 2.75) is 0 Å². The molecule has 1 aromatic rings. The lowest BCUT2D eigenvalue weighted by molar-refractivity contribution is 0.397. The average molecular weight is 176 g/mol. The molecule has 1 saturated heterocycles. The summed E-state index contributed by atoms with van der Waals surface area (Å²) in [6, 6.07) is 10.6. The summed E-state index contributed by atoms with van der Waals surface area (Å²) in [6.45, 7) is 3.54. The predicted molar refractivity (Wildman–Crippen MR) is 56.1 cm³/mol. The Balaban J connectivity index is 1.87. The maximum Gasteiger partial charge on any atom is 0.0366 e. The van der Waals surface area contributed by atoms with E-state index in [2.05, 4.69) is 40.5 Å². The number of para-hydroxylation sites is 1. The highest BCUT2D eigenvalue weighted by Gasteiger charge is 2.25. The minimum absolute atomic E-state index is 0.838. The Hall–Kier alpha value is -1.02. The zero-order valence-electron chi connectivity index (χ0n) is 8.03. The van der Waals surface area contributed by atoms with Gasteiger partial charge >= 0.3 is 0 Å². The largest absolute Gasteiger partial charge is 0.371 e. The van der Waals surface area contributed by atoms with Crippen molar-refractivity contribution in [1.82, 2.24) is 5.32 Å². The standard InChI is InChI=1S/C11H16N2/c1-12-7-10-8-13(9-10)11-5-3-2-4-6-11/h2-6,10,12H,7-9H2,1H3. The number of anilines is 1. The van der Waals surface area contributed by atoms with E-state index in [0.29, 0.717) is 0 Å². The van der Waals surface area contributed by atoms with Crippen LogP contribution < -0.4 is 10.2 Å². The van der Waals surface area contributed by atoms with Crippen LogP contribution in [-0.2, 0) is 0 Å². The first-order valence-electron chi connectivity index (χ1n) is 4.85. The van der Waals surface area contributed by atoms with Crippen molar-refractivity contribution in [3.8, 4) is 0 Å². The van der Waals surface area contributed by atoms with Gasteiger partial charge in [-0.05, 0) is 19.2 Å². The maximum atomic E-state index is 3.21. The van der Waals surface area contributed by atoms with Crippen LogP contribution in [0.2, 0.25) is 0 Å². The number of rotatable bonds is 3. The van der Waals surface area contributed by atoms with Gasteiger partial charge in [0.1, 0.15) is 0 Å². The molecule has 0 atom stereocenters. The molecule has 1 N–H and O–H groups in total. The molecule has 0 spiro atoms. The lowest BCUT2D eigenvalue weighted by Gasteiger charge is -2.41. The third-order valence-corrected chi connectivity index (χ3v) is 2.57. The minimum Gasteiger partial charge on any atom is -0.371 e. The van der Waals surface area contributed by atoms with Gasteiger partial charge in [-0.2, -0.15) is 0 Å². The van der Waals surface area contributed by atoms with Crippen molar-refractivity contribution in [3.63, 3.8) is 0 Å². The fourth-order valence-corrected chi connectivity index (χ4v) is 1.84. The van der Waals surface area contributed by atoms with Crippen molar-refractivity contribution in [2.75, 3.05) is 31.6 Å². The van der Waals surface area contributed by atoms with Crippen molar-refractivity contribution < 1.29 is 0 Å². The Kier molecular flexibility index (Phi) is 2.50. The van der Waals surface area contributed by atoms with E-state index in [1.807, 2.05) is 7.05 Å².